The van der Waals surface area contributed by atoms with Gasteiger partial charge in [-0.1, -0.05) is 48.5 Å². The molecule has 3 fully saturated rings. The van der Waals surface area contributed by atoms with Gasteiger partial charge in [0.2, 0.25) is 5.12 Å². The van der Waals surface area contributed by atoms with Crippen LogP contribution in [0.3, 0.4) is 0 Å². The number of rotatable bonds is 5. The second kappa shape index (κ2) is 9.71. The molecule has 0 unspecified atom stereocenters. The number of alkyl halides is 1. The van der Waals surface area contributed by atoms with Crippen LogP contribution in [0.5, 0.6) is 0 Å². The van der Waals surface area contributed by atoms with Crippen LogP contribution in [0, 0.1) is 28.6 Å². The van der Waals surface area contributed by atoms with E-state index in [1.165, 1.54) is 19.3 Å². The van der Waals surface area contributed by atoms with Crippen molar-refractivity contribution in [2.45, 2.75) is 63.4 Å². The summed E-state index contributed by atoms with van der Waals surface area (Å²) in [5.74, 6) is -2.22. The minimum absolute atomic E-state index is 0.0263. The van der Waals surface area contributed by atoms with E-state index in [4.69, 9.17) is 21.2 Å². The number of hydrogen-bond donors (Lipinski definition) is 1. The van der Waals surface area contributed by atoms with Gasteiger partial charge in [-0.05, 0) is 55.0 Å². The molecule has 2 saturated carbocycles. The van der Waals surface area contributed by atoms with Crippen LogP contribution >= 0.6 is 23.4 Å². The highest BCUT2D eigenvalue weighted by molar-refractivity contribution is 8.13. The van der Waals surface area contributed by atoms with Crippen molar-refractivity contribution >= 4 is 34.3 Å². The average molecular weight is 594 g/mol. The standard InChI is InChI=1S/C30H34ClF2NO5S/c1-27-9-8-20(35)11-23(27)24(32)12-22-21-10-18-15-34(14-17-4-6-19(31)7-5-17)39-30(18,26(37)40-16-38-3)28(21,2)13-25(36)29(22,27)33/h4-9,18,21-22,25,36H,10-16H2,1-3H3/t18-,21-,22-,25-,27-,28-,29-,30-/m0/s1. The summed E-state index contributed by atoms with van der Waals surface area (Å²) in [6, 6.07) is 7.40. The van der Waals surface area contributed by atoms with Crippen LogP contribution in [0.15, 0.2) is 47.8 Å². The van der Waals surface area contributed by atoms with Crippen molar-refractivity contribution < 1.29 is 33.1 Å². The molecule has 6 rings (SSSR count). The summed E-state index contributed by atoms with van der Waals surface area (Å²) < 4.78 is 38.5. The van der Waals surface area contributed by atoms with Gasteiger partial charge in [0.25, 0.3) is 0 Å². The highest BCUT2D eigenvalue weighted by Gasteiger charge is 2.79. The lowest BCUT2D eigenvalue weighted by Gasteiger charge is -2.62. The number of methoxy groups -OCH3 is 1. The van der Waals surface area contributed by atoms with Gasteiger partial charge in [-0.25, -0.2) is 8.78 Å². The number of nitrogens with zero attached hydrogens (tertiary/aromatic N) is 1. The van der Waals surface area contributed by atoms with Gasteiger partial charge in [0.15, 0.2) is 17.1 Å². The third-order valence-electron chi connectivity index (χ3n) is 10.6. The molecule has 1 aromatic rings. The summed E-state index contributed by atoms with van der Waals surface area (Å²) >= 11 is 7.07. The molecular formula is C30H34ClF2NO5S. The van der Waals surface area contributed by atoms with Gasteiger partial charge in [0, 0.05) is 60.7 Å². The number of fused-ring (bicyclic) bond motifs is 7. The van der Waals surface area contributed by atoms with Crippen molar-refractivity contribution in [1.82, 2.24) is 5.06 Å². The Morgan fingerprint density at radius 3 is 2.70 bits per heavy atom. The Kier molecular flexibility index (Phi) is 6.92. The minimum Gasteiger partial charge on any atom is -0.390 e. The number of allylic oxidation sites excluding steroid dienone is 4. The average Bonchev–Trinajstić information content (AvgIpc) is 3.39. The Morgan fingerprint density at radius 2 is 2.00 bits per heavy atom. The van der Waals surface area contributed by atoms with E-state index in [0.29, 0.717) is 24.5 Å². The van der Waals surface area contributed by atoms with Crippen LogP contribution < -0.4 is 0 Å². The fourth-order valence-corrected chi connectivity index (χ4v) is 9.75. The molecular weight excluding hydrogens is 560 g/mol. The van der Waals surface area contributed by atoms with Crippen LogP contribution in [0.2, 0.25) is 5.02 Å². The lowest BCUT2D eigenvalue weighted by Crippen LogP contribution is -2.69. The lowest BCUT2D eigenvalue weighted by atomic mass is 9.45. The van der Waals surface area contributed by atoms with Gasteiger partial charge in [-0.2, -0.15) is 5.06 Å². The monoisotopic (exact) mass is 593 g/mol. The fourth-order valence-electron chi connectivity index (χ4n) is 8.74. The maximum atomic E-state index is 17.6. The first-order chi connectivity index (χ1) is 18.9. The molecule has 0 radical (unpaired) electrons. The van der Waals surface area contributed by atoms with Gasteiger partial charge < -0.3 is 9.84 Å². The molecule has 5 aliphatic rings. The Balaban J connectivity index is 1.40. The van der Waals surface area contributed by atoms with E-state index < -0.39 is 45.9 Å². The topological polar surface area (TPSA) is 76.1 Å². The molecule has 216 valence electrons. The number of aliphatic hydroxyl groups excluding tert-OH is 1. The first-order valence-electron chi connectivity index (χ1n) is 13.7. The van der Waals surface area contributed by atoms with Crippen molar-refractivity contribution in [2.24, 2.45) is 28.6 Å². The van der Waals surface area contributed by atoms with Crippen LogP contribution in [0.1, 0.15) is 45.1 Å². The molecule has 4 aliphatic carbocycles. The SMILES string of the molecule is COCSC(=O)[C@@]12ON(Cc3ccc(Cl)cc3)C[C@@H]1C[C@H]1[C@@H]3CC(F)=C4CC(=O)C=C[C@]4(C)[C@@]3(F)[C@@H](O)C[C@@]12C. The first kappa shape index (κ1) is 28.5. The number of halogens is 3. The van der Waals surface area contributed by atoms with Crippen LogP contribution in [-0.4, -0.2) is 58.0 Å². The summed E-state index contributed by atoms with van der Waals surface area (Å²) in [4.78, 5) is 32.9. The van der Waals surface area contributed by atoms with Crippen molar-refractivity contribution in [3.63, 3.8) is 0 Å². The van der Waals surface area contributed by atoms with E-state index in [-0.39, 0.29) is 47.6 Å². The zero-order chi connectivity index (χ0) is 28.7. The molecule has 1 aliphatic heterocycles. The van der Waals surface area contributed by atoms with Crippen molar-refractivity contribution in [3.8, 4) is 0 Å². The second-order valence-corrected chi connectivity index (χ2v) is 13.8. The van der Waals surface area contributed by atoms with Crippen molar-refractivity contribution in [2.75, 3.05) is 19.6 Å². The molecule has 0 amide bonds. The zero-order valence-electron chi connectivity index (χ0n) is 22.8. The number of benzene rings is 1. The number of carbonyl (C=O) groups excluding carboxylic acids is 2. The third kappa shape index (κ3) is 3.74. The van der Waals surface area contributed by atoms with E-state index >= 15 is 8.78 Å². The van der Waals surface area contributed by atoms with Crippen molar-refractivity contribution in [1.29, 1.82) is 0 Å². The molecule has 8 atom stereocenters. The molecule has 10 heteroatoms. The van der Waals surface area contributed by atoms with Gasteiger partial charge in [-0.15, -0.1) is 0 Å². The highest BCUT2D eigenvalue weighted by atomic mass is 35.5. The van der Waals surface area contributed by atoms with E-state index in [9.17, 15) is 14.7 Å². The maximum absolute atomic E-state index is 17.6. The number of carbonyl (C=O) groups is 2. The molecule has 0 aromatic heterocycles. The highest BCUT2D eigenvalue weighted by Crippen LogP contribution is 2.73. The Morgan fingerprint density at radius 1 is 1.27 bits per heavy atom. The molecule has 1 saturated heterocycles. The van der Waals surface area contributed by atoms with Crippen LogP contribution in [-0.2, 0) is 25.7 Å². The number of thioether (sulfide) groups is 1. The molecule has 6 nitrogen and oxygen atoms in total. The van der Waals surface area contributed by atoms with Crippen LogP contribution in [0.25, 0.3) is 0 Å². The lowest BCUT2D eigenvalue weighted by molar-refractivity contribution is -0.263. The Bertz CT molecular complexity index is 1310. The second-order valence-electron chi connectivity index (χ2n) is 12.4. The first-order valence-corrected chi connectivity index (χ1v) is 15.1. The number of aliphatic hydroxyl groups is 1. The minimum atomic E-state index is -2.19. The number of ketones is 1. The molecule has 1 aromatic carbocycles. The van der Waals surface area contributed by atoms with Gasteiger partial charge in [0.1, 0.15) is 5.83 Å². The largest absolute Gasteiger partial charge is 0.390 e. The summed E-state index contributed by atoms with van der Waals surface area (Å²) in [7, 11) is 1.51. The quantitative estimate of drug-likeness (QED) is 0.447. The molecule has 0 spiro atoms. The van der Waals surface area contributed by atoms with E-state index in [1.807, 2.05) is 19.1 Å². The number of hydrogen-bond acceptors (Lipinski definition) is 7. The number of hydroxylamine groups is 2. The summed E-state index contributed by atoms with van der Waals surface area (Å²) in [6.45, 7) is 4.36. The smallest absolute Gasteiger partial charge is 0.226 e. The predicted octanol–water partition coefficient (Wildman–Crippen LogP) is 5.58. The molecule has 1 N–H and O–H groups in total. The van der Waals surface area contributed by atoms with Crippen LogP contribution in [0.4, 0.5) is 8.78 Å². The van der Waals surface area contributed by atoms with Gasteiger partial charge in [0.05, 0.1) is 12.0 Å². The normalized spacial score (nSPS) is 42.4. The number of ether oxygens (including phenoxy) is 1. The van der Waals surface area contributed by atoms with E-state index in [0.717, 1.165) is 17.3 Å². The summed E-state index contributed by atoms with van der Waals surface area (Å²) in [5.41, 5.74) is -4.85. The maximum Gasteiger partial charge on any atom is 0.226 e. The Labute approximate surface area is 242 Å². The zero-order valence-corrected chi connectivity index (χ0v) is 24.4. The van der Waals surface area contributed by atoms with Gasteiger partial charge in [-0.3, -0.25) is 14.4 Å². The predicted molar refractivity (Wildman–Crippen MR) is 147 cm³/mol. The molecule has 40 heavy (non-hydrogen) atoms. The van der Waals surface area contributed by atoms with E-state index in [1.54, 1.807) is 24.1 Å². The summed E-state index contributed by atoms with van der Waals surface area (Å²) in [5, 5.41) is 13.9. The van der Waals surface area contributed by atoms with Gasteiger partial charge >= 0.3 is 0 Å². The molecule has 0 bridgehead atoms. The molecule has 1 heterocycles. The van der Waals surface area contributed by atoms with E-state index in [2.05, 4.69) is 0 Å². The summed E-state index contributed by atoms with van der Waals surface area (Å²) in [6.07, 6.45) is 1.30. The third-order valence-corrected chi connectivity index (χ3v) is 11.8. The fraction of sp³-hybridized carbons (Fsp3) is 0.600. The van der Waals surface area contributed by atoms with Crippen molar-refractivity contribution in [3.05, 3.63) is 58.4 Å². The Hall–Kier alpha value is -1.62.